The van der Waals surface area contributed by atoms with Gasteiger partial charge in [0.2, 0.25) is 0 Å². The van der Waals surface area contributed by atoms with Crippen molar-refractivity contribution >= 4 is 32.7 Å². The van der Waals surface area contributed by atoms with Gasteiger partial charge in [0, 0.05) is 17.3 Å². The molecule has 0 atom stereocenters. The highest BCUT2D eigenvalue weighted by Crippen LogP contribution is 2.11. The fourth-order valence-corrected chi connectivity index (χ4v) is 1.64. The van der Waals surface area contributed by atoms with Gasteiger partial charge in [0.15, 0.2) is 0 Å². The lowest BCUT2D eigenvalue weighted by molar-refractivity contribution is 0.0951. The van der Waals surface area contributed by atoms with E-state index >= 15 is 0 Å². The molecule has 0 radical (unpaired) electrons. The zero-order chi connectivity index (χ0) is 11.4. The Morgan fingerprint density at radius 2 is 2.06 bits per heavy atom. The van der Waals surface area contributed by atoms with Gasteiger partial charge in [-0.2, -0.15) is 0 Å². The number of halogens is 1. The summed E-state index contributed by atoms with van der Waals surface area (Å²) < 4.78 is 0. The fraction of sp³-hybridized carbons (Fsp3) is 0.167. The smallest absolute Gasteiger partial charge is 0.269 e. The normalized spacial score (nSPS) is 10.3. The number of carbonyl (C=O) groups excluding carboxylic acids is 1. The molecule has 0 aliphatic carbocycles. The van der Waals surface area contributed by atoms with Crippen LogP contribution in [0.15, 0.2) is 36.4 Å². The minimum atomic E-state index is -0.134. The average molecular weight is 279 g/mol. The lowest BCUT2D eigenvalue weighted by atomic mass is 10.2. The van der Waals surface area contributed by atoms with Crippen LogP contribution in [-0.2, 0) is 0 Å². The SMILES string of the molecule is O=C(NCCBr)c1ccc2ccccc2n1. The first-order chi connectivity index (χ1) is 7.81. The molecule has 0 saturated heterocycles. The van der Waals surface area contributed by atoms with E-state index in [0.29, 0.717) is 12.2 Å². The number of nitrogens with zero attached hydrogens (tertiary/aromatic N) is 1. The Balaban J connectivity index is 2.28. The summed E-state index contributed by atoms with van der Waals surface area (Å²) in [5.41, 5.74) is 1.30. The van der Waals surface area contributed by atoms with Crippen molar-refractivity contribution in [2.75, 3.05) is 11.9 Å². The average Bonchev–Trinajstić information content (AvgIpc) is 2.35. The van der Waals surface area contributed by atoms with Crippen LogP contribution in [-0.4, -0.2) is 22.8 Å². The fourth-order valence-electron chi connectivity index (χ4n) is 1.44. The Morgan fingerprint density at radius 3 is 2.88 bits per heavy atom. The second kappa shape index (κ2) is 5.07. The van der Waals surface area contributed by atoms with Gasteiger partial charge in [0.05, 0.1) is 5.52 Å². The third-order valence-electron chi connectivity index (χ3n) is 2.21. The summed E-state index contributed by atoms with van der Waals surface area (Å²) in [4.78, 5) is 16.0. The first-order valence-corrected chi connectivity index (χ1v) is 6.13. The van der Waals surface area contributed by atoms with Crippen LogP contribution in [0.4, 0.5) is 0 Å². The molecule has 0 bridgehead atoms. The Morgan fingerprint density at radius 1 is 1.25 bits per heavy atom. The summed E-state index contributed by atoms with van der Waals surface area (Å²) in [5.74, 6) is -0.134. The van der Waals surface area contributed by atoms with E-state index in [2.05, 4.69) is 26.2 Å². The van der Waals surface area contributed by atoms with Gasteiger partial charge in [-0.05, 0) is 12.1 Å². The highest BCUT2D eigenvalue weighted by molar-refractivity contribution is 9.09. The van der Waals surface area contributed by atoms with E-state index in [1.807, 2.05) is 30.3 Å². The lowest BCUT2D eigenvalue weighted by Gasteiger charge is -2.03. The van der Waals surface area contributed by atoms with E-state index in [9.17, 15) is 4.79 Å². The monoisotopic (exact) mass is 278 g/mol. The Kier molecular flexibility index (Phi) is 3.51. The summed E-state index contributed by atoms with van der Waals surface area (Å²) >= 11 is 3.26. The standard InChI is InChI=1S/C12H11BrN2O/c13-7-8-14-12(16)11-6-5-9-3-1-2-4-10(9)15-11/h1-6H,7-8H2,(H,14,16). The van der Waals surface area contributed by atoms with Gasteiger partial charge in [0.25, 0.3) is 5.91 Å². The number of hydrogen-bond acceptors (Lipinski definition) is 2. The van der Waals surface area contributed by atoms with E-state index in [0.717, 1.165) is 16.2 Å². The number of alkyl halides is 1. The number of fused-ring (bicyclic) bond motifs is 1. The predicted molar refractivity (Wildman–Crippen MR) is 67.9 cm³/mol. The molecule has 0 spiro atoms. The van der Waals surface area contributed by atoms with Crippen molar-refractivity contribution in [1.82, 2.24) is 10.3 Å². The van der Waals surface area contributed by atoms with E-state index in [-0.39, 0.29) is 5.91 Å². The maximum atomic E-state index is 11.7. The largest absolute Gasteiger partial charge is 0.350 e. The van der Waals surface area contributed by atoms with Gasteiger partial charge in [0.1, 0.15) is 5.69 Å². The van der Waals surface area contributed by atoms with Crippen molar-refractivity contribution in [2.24, 2.45) is 0 Å². The topological polar surface area (TPSA) is 42.0 Å². The highest BCUT2D eigenvalue weighted by atomic mass is 79.9. The van der Waals surface area contributed by atoms with E-state index < -0.39 is 0 Å². The highest BCUT2D eigenvalue weighted by Gasteiger charge is 2.06. The number of pyridine rings is 1. The van der Waals surface area contributed by atoms with Crippen LogP contribution in [0.25, 0.3) is 10.9 Å². The molecule has 2 aromatic rings. The second-order valence-electron chi connectivity index (χ2n) is 3.33. The molecule has 0 aliphatic rings. The molecule has 4 heteroatoms. The number of aromatic nitrogens is 1. The Bertz CT molecular complexity index is 513. The van der Waals surface area contributed by atoms with Crippen LogP contribution < -0.4 is 5.32 Å². The van der Waals surface area contributed by atoms with Gasteiger partial charge < -0.3 is 5.32 Å². The number of carbonyl (C=O) groups is 1. The van der Waals surface area contributed by atoms with Gasteiger partial charge in [-0.1, -0.05) is 40.2 Å². The first kappa shape index (κ1) is 11.1. The van der Waals surface area contributed by atoms with Crippen LogP contribution in [0.1, 0.15) is 10.5 Å². The molecule has 82 valence electrons. The molecule has 3 nitrogen and oxygen atoms in total. The molecule has 1 N–H and O–H groups in total. The summed E-state index contributed by atoms with van der Waals surface area (Å²) in [6, 6.07) is 11.4. The molecule has 0 aliphatic heterocycles. The summed E-state index contributed by atoms with van der Waals surface area (Å²) in [6.45, 7) is 0.605. The van der Waals surface area contributed by atoms with Crippen molar-refractivity contribution in [3.63, 3.8) is 0 Å². The number of amides is 1. The Labute approximate surface area is 102 Å². The van der Waals surface area contributed by atoms with Gasteiger partial charge in [-0.25, -0.2) is 4.98 Å². The molecule has 2 rings (SSSR count). The third-order valence-corrected chi connectivity index (χ3v) is 2.61. The van der Waals surface area contributed by atoms with Gasteiger partial charge in [-0.15, -0.1) is 0 Å². The van der Waals surface area contributed by atoms with Crippen molar-refractivity contribution in [2.45, 2.75) is 0 Å². The minimum absolute atomic E-state index is 0.134. The maximum absolute atomic E-state index is 11.7. The quantitative estimate of drug-likeness (QED) is 0.876. The summed E-state index contributed by atoms with van der Waals surface area (Å²) in [6.07, 6.45) is 0. The maximum Gasteiger partial charge on any atom is 0.269 e. The molecule has 1 aromatic heterocycles. The second-order valence-corrected chi connectivity index (χ2v) is 4.13. The molecule has 16 heavy (non-hydrogen) atoms. The zero-order valence-corrected chi connectivity index (χ0v) is 10.2. The van der Waals surface area contributed by atoms with Crippen molar-refractivity contribution in [1.29, 1.82) is 0 Å². The molecular weight excluding hydrogens is 268 g/mol. The number of nitrogens with one attached hydrogen (secondary N) is 1. The molecular formula is C12H11BrN2O. The predicted octanol–water partition coefficient (Wildman–Crippen LogP) is 2.36. The van der Waals surface area contributed by atoms with E-state index in [1.54, 1.807) is 6.07 Å². The van der Waals surface area contributed by atoms with Crippen molar-refractivity contribution in [3.8, 4) is 0 Å². The molecule has 1 amide bonds. The minimum Gasteiger partial charge on any atom is -0.350 e. The van der Waals surface area contributed by atoms with E-state index in [1.165, 1.54) is 0 Å². The number of para-hydroxylation sites is 1. The zero-order valence-electron chi connectivity index (χ0n) is 8.61. The number of rotatable bonds is 3. The van der Waals surface area contributed by atoms with Crippen LogP contribution >= 0.6 is 15.9 Å². The Hall–Kier alpha value is -1.42. The van der Waals surface area contributed by atoms with Crippen LogP contribution in [0.5, 0.6) is 0 Å². The summed E-state index contributed by atoms with van der Waals surface area (Å²) in [5, 5.41) is 4.55. The molecule has 0 fully saturated rings. The van der Waals surface area contributed by atoms with Crippen LogP contribution in [0.2, 0.25) is 0 Å². The summed E-state index contributed by atoms with van der Waals surface area (Å²) in [7, 11) is 0. The van der Waals surface area contributed by atoms with E-state index in [4.69, 9.17) is 0 Å². The van der Waals surface area contributed by atoms with Crippen molar-refractivity contribution in [3.05, 3.63) is 42.1 Å². The molecule has 0 unspecified atom stereocenters. The number of hydrogen-bond donors (Lipinski definition) is 1. The molecule has 1 aromatic carbocycles. The van der Waals surface area contributed by atoms with Gasteiger partial charge >= 0.3 is 0 Å². The molecule has 0 saturated carbocycles. The third kappa shape index (κ3) is 2.39. The van der Waals surface area contributed by atoms with Gasteiger partial charge in [-0.3, -0.25) is 4.79 Å². The first-order valence-electron chi connectivity index (χ1n) is 5.01. The lowest BCUT2D eigenvalue weighted by Crippen LogP contribution is -2.25. The van der Waals surface area contributed by atoms with Crippen LogP contribution in [0, 0.1) is 0 Å². The van der Waals surface area contributed by atoms with Crippen molar-refractivity contribution < 1.29 is 4.79 Å². The molecule has 1 heterocycles. The number of benzene rings is 1. The van der Waals surface area contributed by atoms with Crippen LogP contribution in [0.3, 0.4) is 0 Å².